The summed E-state index contributed by atoms with van der Waals surface area (Å²) in [6, 6.07) is 3.61. The molecule has 1 N–H and O–H groups in total. The molecule has 1 aromatic rings. The third-order valence-corrected chi connectivity index (χ3v) is 1.25. The molecule has 0 aliphatic heterocycles. The van der Waals surface area contributed by atoms with E-state index < -0.39 is 0 Å². The number of aromatic nitrogens is 1. The van der Waals surface area contributed by atoms with Gasteiger partial charge in [-0.15, -0.1) is 0 Å². The second-order valence-electron chi connectivity index (χ2n) is 1.86. The minimum absolute atomic E-state index is 0.265. The van der Waals surface area contributed by atoms with Crippen LogP contribution in [0.5, 0.6) is 0 Å². The smallest absolute Gasteiger partial charge is 0.151 e. The molecular formula is C7H6N2O. The molecule has 1 heterocycles. The molecule has 0 atom stereocenters. The number of hydrogen-bond donors (Lipinski definition) is 1. The number of rotatable bonds is 2. The van der Waals surface area contributed by atoms with Gasteiger partial charge in [-0.1, -0.05) is 0 Å². The molecule has 3 heteroatoms. The van der Waals surface area contributed by atoms with Crippen LogP contribution in [-0.2, 0) is 6.42 Å². The van der Waals surface area contributed by atoms with Crippen molar-refractivity contribution in [3.05, 3.63) is 23.5 Å². The highest BCUT2D eigenvalue weighted by Crippen LogP contribution is 2.02. The number of aldehydes is 1. The largest absolute Gasteiger partial charge is 0.364 e. The molecular weight excluding hydrogens is 128 g/mol. The number of carbonyl (C=O) groups is 1. The first kappa shape index (κ1) is 6.56. The SMILES string of the molecule is N#CCc1[nH]ccc1C=O. The van der Waals surface area contributed by atoms with Crippen molar-refractivity contribution in [2.45, 2.75) is 6.42 Å². The van der Waals surface area contributed by atoms with E-state index in [-0.39, 0.29) is 6.42 Å². The average Bonchev–Trinajstić information content (AvgIpc) is 2.36. The minimum atomic E-state index is 0.265. The van der Waals surface area contributed by atoms with Gasteiger partial charge in [0.15, 0.2) is 6.29 Å². The maximum absolute atomic E-state index is 10.2. The van der Waals surface area contributed by atoms with Crippen molar-refractivity contribution in [2.75, 3.05) is 0 Å². The van der Waals surface area contributed by atoms with Crippen molar-refractivity contribution in [2.24, 2.45) is 0 Å². The third-order valence-electron chi connectivity index (χ3n) is 1.25. The number of nitriles is 1. The van der Waals surface area contributed by atoms with Crippen LogP contribution in [0.2, 0.25) is 0 Å². The van der Waals surface area contributed by atoms with Gasteiger partial charge in [-0.25, -0.2) is 0 Å². The quantitative estimate of drug-likeness (QED) is 0.611. The van der Waals surface area contributed by atoms with Gasteiger partial charge >= 0.3 is 0 Å². The fourth-order valence-corrected chi connectivity index (χ4v) is 0.759. The molecule has 10 heavy (non-hydrogen) atoms. The predicted molar refractivity (Wildman–Crippen MR) is 35.5 cm³/mol. The molecule has 0 aromatic carbocycles. The van der Waals surface area contributed by atoms with Gasteiger partial charge < -0.3 is 4.98 Å². The zero-order valence-corrected chi connectivity index (χ0v) is 5.29. The Hall–Kier alpha value is -1.56. The molecule has 1 rings (SSSR count). The van der Waals surface area contributed by atoms with Crippen LogP contribution in [0.25, 0.3) is 0 Å². The van der Waals surface area contributed by atoms with Crippen LogP contribution in [-0.4, -0.2) is 11.3 Å². The Morgan fingerprint density at radius 2 is 2.60 bits per heavy atom. The number of nitrogens with zero attached hydrogens (tertiary/aromatic N) is 1. The molecule has 0 radical (unpaired) electrons. The van der Waals surface area contributed by atoms with Crippen LogP contribution < -0.4 is 0 Å². The van der Waals surface area contributed by atoms with Gasteiger partial charge in [0.1, 0.15) is 0 Å². The number of H-pyrrole nitrogens is 1. The Morgan fingerprint density at radius 3 is 3.20 bits per heavy atom. The molecule has 0 aliphatic rings. The Labute approximate surface area is 58.3 Å². The van der Waals surface area contributed by atoms with Crippen molar-refractivity contribution in [1.82, 2.24) is 4.98 Å². The average molecular weight is 134 g/mol. The van der Waals surface area contributed by atoms with E-state index in [1.807, 2.05) is 6.07 Å². The second-order valence-corrected chi connectivity index (χ2v) is 1.86. The van der Waals surface area contributed by atoms with Gasteiger partial charge in [-0.2, -0.15) is 5.26 Å². The highest BCUT2D eigenvalue weighted by atomic mass is 16.1. The molecule has 0 fully saturated rings. The number of hydrogen-bond acceptors (Lipinski definition) is 2. The molecule has 3 nitrogen and oxygen atoms in total. The Bertz CT molecular complexity index is 269. The van der Waals surface area contributed by atoms with Crippen molar-refractivity contribution in [3.63, 3.8) is 0 Å². The van der Waals surface area contributed by atoms with E-state index in [0.717, 1.165) is 6.29 Å². The van der Waals surface area contributed by atoms with Gasteiger partial charge in [-0.3, -0.25) is 4.79 Å². The summed E-state index contributed by atoms with van der Waals surface area (Å²) in [5.74, 6) is 0. The van der Waals surface area contributed by atoms with E-state index in [0.29, 0.717) is 11.3 Å². The molecule has 0 amide bonds. The van der Waals surface area contributed by atoms with E-state index in [4.69, 9.17) is 5.26 Å². The van der Waals surface area contributed by atoms with Crippen LogP contribution >= 0.6 is 0 Å². The molecule has 0 saturated heterocycles. The number of aromatic amines is 1. The van der Waals surface area contributed by atoms with E-state index in [1.165, 1.54) is 0 Å². The van der Waals surface area contributed by atoms with Gasteiger partial charge in [0, 0.05) is 17.5 Å². The van der Waals surface area contributed by atoms with Crippen LogP contribution in [0, 0.1) is 11.3 Å². The number of carbonyl (C=O) groups excluding carboxylic acids is 1. The first-order valence-electron chi connectivity index (χ1n) is 2.87. The first-order chi connectivity index (χ1) is 4.88. The van der Waals surface area contributed by atoms with E-state index in [9.17, 15) is 4.79 Å². The summed E-state index contributed by atoms with van der Waals surface area (Å²) >= 11 is 0. The molecule has 0 aliphatic carbocycles. The van der Waals surface area contributed by atoms with Crippen LogP contribution in [0.4, 0.5) is 0 Å². The lowest BCUT2D eigenvalue weighted by atomic mass is 10.2. The third kappa shape index (κ3) is 1.06. The van der Waals surface area contributed by atoms with Crippen LogP contribution in [0.15, 0.2) is 12.3 Å². The minimum Gasteiger partial charge on any atom is -0.364 e. The summed E-state index contributed by atoms with van der Waals surface area (Å²) in [7, 11) is 0. The maximum atomic E-state index is 10.2. The number of nitrogens with one attached hydrogen (secondary N) is 1. The van der Waals surface area contributed by atoms with Gasteiger partial charge in [-0.05, 0) is 6.07 Å². The second kappa shape index (κ2) is 2.83. The lowest BCUT2D eigenvalue weighted by molar-refractivity contribution is 0.112. The zero-order valence-electron chi connectivity index (χ0n) is 5.29. The summed E-state index contributed by atoms with van der Waals surface area (Å²) in [5, 5.41) is 8.27. The zero-order chi connectivity index (χ0) is 7.40. The summed E-state index contributed by atoms with van der Waals surface area (Å²) in [6.07, 6.45) is 2.65. The summed E-state index contributed by atoms with van der Waals surface area (Å²) in [6.45, 7) is 0. The summed E-state index contributed by atoms with van der Waals surface area (Å²) in [5.41, 5.74) is 1.26. The Balaban J connectivity index is 2.92. The van der Waals surface area contributed by atoms with Crippen molar-refractivity contribution in [3.8, 4) is 6.07 Å². The normalized spacial score (nSPS) is 8.70. The standard InChI is InChI=1S/C7H6N2O/c8-3-1-7-6(5-10)2-4-9-7/h2,4-5,9H,1H2. The van der Waals surface area contributed by atoms with E-state index in [1.54, 1.807) is 12.3 Å². The Kier molecular flexibility index (Phi) is 1.86. The predicted octanol–water partition coefficient (Wildman–Crippen LogP) is 0.893. The topological polar surface area (TPSA) is 56.6 Å². The van der Waals surface area contributed by atoms with E-state index >= 15 is 0 Å². The fraction of sp³-hybridized carbons (Fsp3) is 0.143. The monoisotopic (exact) mass is 134 g/mol. The first-order valence-corrected chi connectivity index (χ1v) is 2.87. The lowest BCUT2D eigenvalue weighted by Gasteiger charge is -1.86. The lowest BCUT2D eigenvalue weighted by Crippen LogP contribution is -1.86. The molecule has 0 saturated carbocycles. The molecule has 0 bridgehead atoms. The van der Waals surface area contributed by atoms with Crippen molar-refractivity contribution >= 4 is 6.29 Å². The summed E-state index contributed by atoms with van der Waals surface area (Å²) in [4.78, 5) is 13.0. The van der Waals surface area contributed by atoms with E-state index in [2.05, 4.69) is 4.98 Å². The highest BCUT2D eigenvalue weighted by molar-refractivity contribution is 5.76. The Morgan fingerprint density at radius 1 is 1.80 bits per heavy atom. The summed E-state index contributed by atoms with van der Waals surface area (Å²) < 4.78 is 0. The van der Waals surface area contributed by atoms with Gasteiger partial charge in [0.25, 0.3) is 0 Å². The van der Waals surface area contributed by atoms with Gasteiger partial charge in [0.05, 0.1) is 12.5 Å². The molecule has 50 valence electrons. The van der Waals surface area contributed by atoms with Crippen molar-refractivity contribution in [1.29, 1.82) is 5.26 Å². The van der Waals surface area contributed by atoms with Crippen LogP contribution in [0.3, 0.4) is 0 Å². The fourth-order valence-electron chi connectivity index (χ4n) is 0.759. The van der Waals surface area contributed by atoms with Gasteiger partial charge in [0.2, 0.25) is 0 Å². The van der Waals surface area contributed by atoms with Crippen molar-refractivity contribution < 1.29 is 4.79 Å². The maximum Gasteiger partial charge on any atom is 0.151 e. The molecule has 1 aromatic heterocycles. The van der Waals surface area contributed by atoms with Crippen LogP contribution in [0.1, 0.15) is 16.1 Å². The molecule has 0 unspecified atom stereocenters. The highest BCUT2D eigenvalue weighted by Gasteiger charge is 1.99. The molecule has 0 spiro atoms.